The van der Waals surface area contributed by atoms with Gasteiger partial charge in [0.15, 0.2) is 11.6 Å². The van der Waals surface area contributed by atoms with Gasteiger partial charge in [-0.3, -0.25) is 9.59 Å². The van der Waals surface area contributed by atoms with Crippen molar-refractivity contribution in [1.82, 2.24) is 0 Å². The highest BCUT2D eigenvalue weighted by Gasteiger charge is 2.34. The molecular formula is C25H21NO3. The maximum Gasteiger partial charge on any atom is 0.198 e. The van der Waals surface area contributed by atoms with Crippen LogP contribution in [0.25, 0.3) is 6.08 Å². The topological polar surface area (TPSA) is 46.6 Å². The second kappa shape index (κ2) is 7.40. The molecule has 4 nitrogen and oxygen atoms in total. The van der Waals surface area contributed by atoms with E-state index < -0.39 is 0 Å². The van der Waals surface area contributed by atoms with Gasteiger partial charge in [0, 0.05) is 30.9 Å². The van der Waals surface area contributed by atoms with Crippen LogP contribution in [0.1, 0.15) is 33.2 Å². The van der Waals surface area contributed by atoms with Gasteiger partial charge < -0.3 is 9.64 Å². The molecule has 2 aromatic rings. The van der Waals surface area contributed by atoms with Crippen LogP contribution in [0.5, 0.6) is 0 Å². The number of fused-ring (bicyclic) bond motifs is 1. The highest BCUT2D eigenvalue weighted by molar-refractivity contribution is 6.40. The van der Waals surface area contributed by atoms with E-state index in [-0.39, 0.29) is 17.1 Å². The van der Waals surface area contributed by atoms with Gasteiger partial charge in [0.25, 0.3) is 0 Å². The molecule has 1 aliphatic heterocycles. The first-order valence-corrected chi connectivity index (χ1v) is 9.40. The Morgan fingerprint density at radius 3 is 2.03 bits per heavy atom. The molecule has 4 rings (SSSR count). The summed E-state index contributed by atoms with van der Waals surface area (Å²) in [5.41, 5.74) is 3.87. The fourth-order valence-electron chi connectivity index (χ4n) is 3.46. The van der Waals surface area contributed by atoms with Crippen LogP contribution in [0.15, 0.2) is 89.4 Å². The average Bonchev–Trinajstić information content (AvgIpc) is 2.97. The van der Waals surface area contributed by atoms with E-state index in [4.69, 9.17) is 4.74 Å². The van der Waals surface area contributed by atoms with Gasteiger partial charge in [-0.1, -0.05) is 42.5 Å². The first kappa shape index (κ1) is 18.7. The number of allylic oxidation sites excluding steroid dienone is 6. The number of hydrogen-bond acceptors (Lipinski definition) is 4. The van der Waals surface area contributed by atoms with Crippen molar-refractivity contribution >= 4 is 23.3 Å². The molecule has 0 bridgehead atoms. The Morgan fingerprint density at radius 2 is 1.45 bits per heavy atom. The van der Waals surface area contributed by atoms with Gasteiger partial charge in [0.1, 0.15) is 11.5 Å². The first-order chi connectivity index (χ1) is 13.9. The number of ketones is 2. The van der Waals surface area contributed by atoms with Crippen molar-refractivity contribution in [2.24, 2.45) is 0 Å². The number of carbonyl (C=O) groups excluding carboxylic acids is 2. The van der Waals surface area contributed by atoms with Crippen molar-refractivity contribution in [3.63, 3.8) is 0 Å². The molecule has 0 unspecified atom stereocenters. The number of rotatable bonds is 3. The van der Waals surface area contributed by atoms with Crippen LogP contribution in [0, 0.1) is 0 Å². The summed E-state index contributed by atoms with van der Waals surface area (Å²) in [6.07, 6.45) is 7.27. The van der Waals surface area contributed by atoms with Gasteiger partial charge in [-0.15, -0.1) is 0 Å². The zero-order chi connectivity index (χ0) is 20.5. The number of ether oxygens (including phenoxy) is 1. The van der Waals surface area contributed by atoms with Gasteiger partial charge in [0.2, 0.25) is 0 Å². The van der Waals surface area contributed by atoms with E-state index in [0.717, 1.165) is 11.3 Å². The highest BCUT2D eigenvalue weighted by Crippen LogP contribution is 2.32. The molecule has 1 aliphatic carbocycles. The number of Topliss-reactive ketones (excluding diaryl/α,β-unsaturated/α-hetero) is 2. The smallest absolute Gasteiger partial charge is 0.198 e. The minimum absolute atomic E-state index is 0.204. The predicted molar refractivity (Wildman–Crippen MR) is 115 cm³/mol. The quantitative estimate of drug-likeness (QED) is 0.555. The third-order valence-corrected chi connectivity index (χ3v) is 4.94. The summed E-state index contributed by atoms with van der Waals surface area (Å²) >= 11 is 0. The predicted octanol–water partition coefficient (Wildman–Crippen LogP) is 4.96. The summed E-state index contributed by atoms with van der Waals surface area (Å²) < 4.78 is 5.78. The molecule has 0 saturated heterocycles. The molecule has 1 heterocycles. The van der Waals surface area contributed by atoms with Crippen LogP contribution >= 0.6 is 0 Å². The van der Waals surface area contributed by atoms with Crippen LogP contribution < -0.4 is 4.90 Å². The normalized spacial score (nSPS) is 16.0. The summed E-state index contributed by atoms with van der Waals surface area (Å²) in [6, 6.07) is 15.1. The zero-order valence-electron chi connectivity index (χ0n) is 16.6. The van der Waals surface area contributed by atoms with Gasteiger partial charge in [-0.2, -0.15) is 0 Å². The Labute approximate surface area is 170 Å². The van der Waals surface area contributed by atoms with E-state index >= 15 is 0 Å². The lowest BCUT2D eigenvalue weighted by Gasteiger charge is -2.14. The molecule has 0 spiro atoms. The third-order valence-electron chi connectivity index (χ3n) is 4.94. The fourth-order valence-corrected chi connectivity index (χ4v) is 3.46. The van der Waals surface area contributed by atoms with E-state index in [0.29, 0.717) is 28.2 Å². The monoisotopic (exact) mass is 383 g/mol. The Balaban J connectivity index is 1.66. The number of hydrogen-bond donors (Lipinski definition) is 0. The van der Waals surface area contributed by atoms with Crippen molar-refractivity contribution in [3.05, 3.63) is 106 Å². The molecule has 2 aliphatic rings. The Bertz CT molecular complexity index is 1090. The standard InChI is InChI=1S/C25H21NO3/c1-16-14-18(23-24(27)21-6-4-5-7-22(21)25(23)28)15-20(29-16)13-10-17-8-11-19(12-9-17)26(2)3/h4-15H,1-3H3. The molecular weight excluding hydrogens is 362 g/mol. The molecule has 29 heavy (non-hydrogen) atoms. The van der Waals surface area contributed by atoms with Crippen molar-refractivity contribution in [2.45, 2.75) is 6.92 Å². The summed E-state index contributed by atoms with van der Waals surface area (Å²) in [6.45, 7) is 1.81. The minimum Gasteiger partial charge on any atom is -0.462 e. The molecule has 144 valence electrons. The van der Waals surface area contributed by atoms with Crippen LogP contribution in [-0.2, 0) is 4.74 Å². The SMILES string of the molecule is CC1=CC(=C2C(=O)c3ccccc3C2=O)C=C(C=Cc2ccc(N(C)C)cc2)O1. The van der Waals surface area contributed by atoms with E-state index in [9.17, 15) is 9.59 Å². The lowest BCUT2D eigenvalue weighted by Crippen LogP contribution is -2.07. The highest BCUT2D eigenvalue weighted by atomic mass is 16.5. The van der Waals surface area contributed by atoms with E-state index in [1.54, 1.807) is 36.4 Å². The van der Waals surface area contributed by atoms with Crippen molar-refractivity contribution in [2.75, 3.05) is 19.0 Å². The fraction of sp³-hybridized carbons (Fsp3) is 0.120. The molecule has 0 saturated carbocycles. The van der Waals surface area contributed by atoms with Crippen molar-refractivity contribution in [3.8, 4) is 0 Å². The van der Waals surface area contributed by atoms with Gasteiger partial charge >= 0.3 is 0 Å². The molecule has 2 aromatic carbocycles. The van der Waals surface area contributed by atoms with Crippen molar-refractivity contribution < 1.29 is 14.3 Å². The van der Waals surface area contributed by atoms with E-state index in [1.807, 2.05) is 62.3 Å². The lowest BCUT2D eigenvalue weighted by molar-refractivity contribution is 0.0988. The van der Waals surface area contributed by atoms with Gasteiger partial charge in [0.05, 0.1) is 5.57 Å². The third kappa shape index (κ3) is 3.57. The number of benzene rings is 2. The van der Waals surface area contributed by atoms with Crippen LogP contribution in [-0.4, -0.2) is 25.7 Å². The molecule has 0 radical (unpaired) electrons. The second-order valence-corrected chi connectivity index (χ2v) is 7.26. The number of carbonyl (C=O) groups is 2. The van der Waals surface area contributed by atoms with E-state index in [1.165, 1.54) is 0 Å². The summed E-state index contributed by atoms with van der Waals surface area (Å²) in [7, 11) is 4.00. The van der Waals surface area contributed by atoms with Gasteiger partial charge in [-0.25, -0.2) is 0 Å². The molecule has 0 amide bonds. The summed E-state index contributed by atoms with van der Waals surface area (Å²) in [5.74, 6) is 0.755. The van der Waals surface area contributed by atoms with Crippen LogP contribution in [0.3, 0.4) is 0 Å². The Morgan fingerprint density at radius 1 is 0.828 bits per heavy atom. The maximum atomic E-state index is 12.8. The molecule has 0 fully saturated rings. The minimum atomic E-state index is -0.231. The first-order valence-electron chi connectivity index (χ1n) is 9.40. The molecule has 0 aromatic heterocycles. The molecule has 0 N–H and O–H groups in total. The Hall–Kier alpha value is -3.66. The number of nitrogens with zero attached hydrogens (tertiary/aromatic N) is 1. The second-order valence-electron chi connectivity index (χ2n) is 7.26. The number of anilines is 1. The molecule has 4 heteroatoms. The lowest BCUT2D eigenvalue weighted by atomic mass is 10.0. The van der Waals surface area contributed by atoms with Gasteiger partial charge in [-0.05, 0) is 48.4 Å². The van der Waals surface area contributed by atoms with E-state index in [2.05, 4.69) is 0 Å². The van der Waals surface area contributed by atoms with Crippen molar-refractivity contribution in [1.29, 1.82) is 0 Å². The van der Waals surface area contributed by atoms with Crippen LogP contribution in [0.4, 0.5) is 5.69 Å². The largest absolute Gasteiger partial charge is 0.462 e. The summed E-state index contributed by atoms with van der Waals surface area (Å²) in [4.78, 5) is 27.6. The van der Waals surface area contributed by atoms with Crippen LogP contribution in [0.2, 0.25) is 0 Å². The zero-order valence-corrected chi connectivity index (χ0v) is 16.6. The Kier molecular flexibility index (Phi) is 4.77. The molecule has 0 atom stereocenters. The summed E-state index contributed by atoms with van der Waals surface area (Å²) in [5, 5.41) is 0. The average molecular weight is 383 g/mol. The maximum absolute atomic E-state index is 12.8.